The molecule has 0 unspecified atom stereocenters. The minimum Gasteiger partial charge on any atom is -0.435 e. The van der Waals surface area contributed by atoms with E-state index in [1.165, 1.54) is 24.1 Å². The lowest BCUT2D eigenvalue weighted by Gasteiger charge is -2.13. The van der Waals surface area contributed by atoms with Crippen LogP contribution >= 0.6 is 0 Å². The van der Waals surface area contributed by atoms with E-state index >= 15 is 0 Å². The van der Waals surface area contributed by atoms with E-state index in [1.54, 1.807) is 25.3 Å². The van der Waals surface area contributed by atoms with E-state index in [-0.39, 0.29) is 5.75 Å². The van der Waals surface area contributed by atoms with Crippen LogP contribution in [0.5, 0.6) is 5.75 Å². The highest BCUT2D eigenvalue weighted by Crippen LogP contribution is 2.16. The number of hydrazone groups is 1. The number of hydrazine groups is 1. The van der Waals surface area contributed by atoms with Crippen molar-refractivity contribution in [2.45, 2.75) is 13.5 Å². The Morgan fingerprint density at radius 2 is 1.93 bits per heavy atom. The van der Waals surface area contributed by atoms with Gasteiger partial charge in [-0.15, -0.1) is 0 Å². The number of nitrogens with zero attached hydrogens (tertiary/aromatic N) is 3. The van der Waals surface area contributed by atoms with Gasteiger partial charge in [0.1, 0.15) is 17.9 Å². The zero-order chi connectivity index (χ0) is 21.3. The predicted molar refractivity (Wildman–Crippen MR) is 106 cm³/mol. The standard InChI is InChI=1S/C20H21F2N4O4/c1-14(15-7-9-17(10-8-15)30-20(21)22)24-23-13-16-5-3-4-6-18(16)19-26(25-27-2)29-12-11-28-19/h3-10,13,20,25H,11-12H2,1-2H3/q+1. The second kappa shape index (κ2) is 10.3. The smallest absolute Gasteiger partial charge is 0.435 e. The van der Waals surface area contributed by atoms with E-state index < -0.39 is 6.61 Å². The molecule has 158 valence electrons. The second-order valence-electron chi connectivity index (χ2n) is 6.00. The number of rotatable bonds is 8. The van der Waals surface area contributed by atoms with Crippen LogP contribution in [0.15, 0.2) is 58.7 Å². The van der Waals surface area contributed by atoms with Crippen LogP contribution in [-0.2, 0) is 14.4 Å². The monoisotopic (exact) mass is 419 g/mol. The Labute approximate surface area is 171 Å². The van der Waals surface area contributed by atoms with Crippen LogP contribution in [0.3, 0.4) is 0 Å². The number of hydrogen-bond donors (Lipinski definition) is 1. The molecule has 0 aliphatic carbocycles. The molecule has 30 heavy (non-hydrogen) atoms. The number of halogens is 2. The first-order valence-corrected chi connectivity index (χ1v) is 9.02. The fraction of sp³-hybridized carbons (Fsp3) is 0.250. The average Bonchev–Trinajstić information content (AvgIpc) is 2.75. The molecule has 2 aromatic rings. The summed E-state index contributed by atoms with van der Waals surface area (Å²) in [4.78, 5) is 11.7. The van der Waals surface area contributed by atoms with Crippen molar-refractivity contribution in [2.75, 3.05) is 20.3 Å². The highest BCUT2D eigenvalue weighted by Gasteiger charge is 2.29. The number of alkyl halides is 2. The molecular weight excluding hydrogens is 398 g/mol. The summed E-state index contributed by atoms with van der Waals surface area (Å²) in [5, 5.41) is 8.33. The maximum Gasteiger partial charge on any atom is 0.454 e. The molecule has 0 bridgehead atoms. The maximum atomic E-state index is 12.2. The number of benzene rings is 2. The zero-order valence-electron chi connectivity index (χ0n) is 16.4. The summed E-state index contributed by atoms with van der Waals surface area (Å²) < 4.78 is 34.5. The molecule has 0 fully saturated rings. The van der Waals surface area contributed by atoms with Gasteiger partial charge in [-0.25, -0.2) is 9.68 Å². The van der Waals surface area contributed by atoms with Crippen LogP contribution in [0.4, 0.5) is 8.78 Å². The molecule has 10 heteroatoms. The SMILES string of the molecule is CON[N+]1=C(c2ccccc2C=NN=C(C)c2ccc(OC(F)F)cc2)OCCO1. The van der Waals surface area contributed by atoms with Crippen LogP contribution in [0, 0.1) is 0 Å². The van der Waals surface area contributed by atoms with Gasteiger partial charge in [-0.3, -0.25) is 0 Å². The normalized spacial score (nSPS) is 14.6. The summed E-state index contributed by atoms with van der Waals surface area (Å²) in [5.41, 5.74) is 5.41. The number of nitrogens with one attached hydrogen (secondary N) is 1. The van der Waals surface area contributed by atoms with Gasteiger partial charge in [0, 0.05) is 5.56 Å². The average molecular weight is 419 g/mol. The molecule has 1 N–H and O–H groups in total. The van der Waals surface area contributed by atoms with E-state index in [2.05, 4.69) is 20.5 Å². The highest BCUT2D eigenvalue weighted by molar-refractivity contribution is 6.01. The molecule has 8 nitrogen and oxygen atoms in total. The van der Waals surface area contributed by atoms with E-state index in [4.69, 9.17) is 14.4 Å². The molecule has 0 saturated heterocycles. The molecule has 1 aliphatic heterocycles. The molecule has 0 saturated carbocycles. The summed E-state index contributed by atoms with van der Waals surface area (Å²) in [6, 6.07) is 13.6. The Bertz CT molecular complexity index is 946. The van der Waals surface area contributed by atoms with Crippen LogP contribution < -0.4 is 10.3 Å². The summed E-state index contributed by atoms with van der Waals surface area (Å²) in [5.74, 6) is 0.514. The molecule has 1 aliphatic rings. The van der Waals surface area contributed by atoms with E-state index in [9.17, 15) is 8.78 Å². The lowest BCUT2D eigenvalue weighted by molar-refractivity contribution is -0.864. The topological polar surface area (TPSA) is 76.7 Å². The van der Waals surface area contributed by atoms with Crippen molar-refractivity contribution in [2.24, 2.45) is 10.2 Å². The van der Waals surface area contributed by atoms with Crippen LogP contribution in [0.2, 0.25) is 0 Å². The van der Waals surface area contributed by atoms with Gasteiger partial charge in [0.15, 0.2) is 11.5 Å². The molecule has 0 atom stereocenters. The highest BCUT2D eigenvalue weighted by atomic mass is 19.3. The van der Waals surface area contributed by atoms with Gasteiger partial charge in [0.25, 0.3) is 0 Å². The molecule has 3 rings (SSSR count). The number of ether oxygens (including phenoxy) is 2. The van der Waals surface area contributed by atoms with Gasteiger partial charge in [-0.2, -0.15) is 19.0 Å². The van der Waals surface area contributed by atoms with Crippen molar-refractivity contribution in [3.63, 3.8) is 0 Å². The van der Waals surface area contributed by atoms with Gasteiger partial charge >= 0.3 is 12.5 Å². The van der Waals surface area contributed by atoms with Gasteiger partial charge in [-0.1, -0.05) is 18.2 Å². The summed E-state index contributed by atoms with van der Waals surface area (Å²) >= 11 is 0. The first-order valence-electron chi connectivity index (χ1n) is 9.02. The quantitative estimate of drug-likeness (QED) is 0.405. The third kappa shape index (κ3) is 5.51. The van der Waals surface area contributed by atoms with Crippen LogP contribution in [-0.4, -0.2) is 49.6 Å². The van der Waals surface area contributed by atoms with Gasteiger partial charge in [0.05, 0.1) is 19.0 Å². The molecule has 1 heterocycles. The van der Waals surface area contributed by atoms with E-state index in [0.29, 0.717) is 24.8 Å². The van der Waals surface area contributed by atoms with E-state index in [1.807, 2.05) is 24.3 Å². The van der Waals surface area contributed by atoms with Crippen molar-refractivity contribution in [1.82, 2.24) is 5.59 Å². The first kappa shape index (κ1) is 21.2. The van der Waals surface area contributed by atoms with Gasteiger partial charge in [-0.05, 0) is 48.4 Å². The minimum atomic E-state index is -2.86. The van der Waals surface area contributed by atoms with Crippen molar-refractivity contribution < 1.29 is 32.8 Å². The minimum absolute atomic E-state index is 0.0833. The predicted octanol–water partition coefficient (Wildman–Crippen LogP) is 2.92. The Kier molecular flexibility index (Phi) is 7.28. The first-order chi connectivity index (χ1) is 14.6. The Morgan fingerprint density at radius 3 is 2.67 bits per heavy atom. The van der Waals surface area contributed by atoms with Crippen LogP contribution in [0.25, 0.3) is 0 Å². The van der Waals surface area contributed by atoms with Crippen molar-refractivity contribution in [3.05, 3.63) is 65.2 Å². The molecular formula is C20H21F2N4O4+. The molecule has 2 aromatic carbocycles. The summed E-state index contributed by atoms with van der Waals surface area (Å²) in [6.45, 7) is -0.323. The number of hydrogen-bond acceptors (Lipinski definition) is 7. The van der Waals surface area contributed by atoms with Crippen LogP contribution in [0.1, 0.15) is 23.6 Å². The van der Waals surface area contributed by atoms with Crippen molar-refractivity contribution in [1.29, 1.82) is 0 Å². The van der Waals surface area contributed by atoms with Gasteiger partial charge in [0.2, 0.25) is 0 Å². The summed E-state index contributed by atoms with van der Waals surface area (Å²) in [7, 11) is 1.46. The summed E-state index contributed by atoms with van der Waals surface area (Å²) in [6.07, 6.45) is 1.59. The molecule has 0 aromatic heterocycles. The lowest BCUT2D eigenvalue weighted by atomic mass is 10.1. The van der Waals surface area contributed by atoms with Gasteiger partial charge < -0.3 is 9.47 Å². The Hall–Kier alpha value is -3.53. The third-order valence-electron chi connectivity index (χ3n) is 3.99. The largest absolute Gasteiger partial charge is 0.454 e. The third-order valence-corrected chi connectivity index (χ3v) is 3.99. The lowest BCUT2D eigenvalue weighted by Crippen LogP contribution is -2.40. The molecule has 0 spiro atoms. The molecule has 0 amide bonds. The van der Waals surface area contributed by atoms with E-state index in [0.717, 1.165) is 16.7 Å². The molecule has 0 radical (unpaired) electrons. The fourth-order valence-corrected chi connectivity index (χ4v) is 2.64. The Morgan fingerprint density at radius 1 is 1.17 bits per heavy atom. The van der Waals surface area contributed by atoms with Crippen molar-refractivity contribution in [3.8, 4) is 5.75 Å². The zero-order valence-corrected chi connectivity index (χ0v) is 16.4. The van der Waals surface area contributed by atoms with Crippen molar-refractivity contribution >= 4 is 17.8 Å². The fourth-order valence-electron chi connectivity index (χ4n) is 2.64. The second-order valence-corrected chi connectivity index (χ2v) is 6.00. The Balaban J connectivity index is 1.79. The maximum absolute atomic E-state index is 12.2.